The van der Waals surface area contributed by atoms with E-state index in [2.05, 4.69) is 26.9 Å². The molecule has 0 saturated carbocycles. The van der Waals surface area contributed by atoms with Gasteiger partial charge >= 0.3 is 0 Å². The molecule has 0 N–H and O–H groups in total. The monoisotopic (exact) mass is 486 g/mol. The number of thioether (sulfide) groups is 1. The Bertz CT molecular complexity index is 1450. The summed E-state index contributed by atoms with van der Waals surface area (Å²) in [4.78, 5) is 13.2. The molecule has 1 aromatic carbocycles. The lowest BCUT2D eigenvalue weighted by atomic mass is 10.2. The number of furan rings is 2. The van der Waals surface area contributed by atoms with Crippen LogP contribution >= 0.6 is 11.8 Å². The highest BCUT2D eigenvalue weighted by Gasteiger charge is 2.21. The largest absolute Gasteiger partial charge is 0.469 e. The normalized spacial score (nSPS) is 11.3. The summed E-state index contributed by atoms with van der Waals surface area (Å²) in [7, 11) is 0. The Morgan fingerprint density at radius 2 is 1.74 bits per heavy atom. The van der Waals surface area contributed by atoms with Crippen molar-refractivity contribution in [2.75, 3.05) is 5.75 Å². The number of hydrogen-bond donors (Lipinski definition) is 0. The Morgan fingerprint density at radius 3 is 2.46 bits per heavy atom. The van der Waals surface area contributed by atoms with Crippen molar-refractivity contribution in [2.24, 2.45) is 0 Å². The summed E-state index contributed by atoms with van der Waals surface area (Å²) in [6.45, 7) is 7.10. The first-order valence-corrected chi connectivity index (χ1v) is 12.4. The fraction of sp³-hybridized carbons (Fsp3) is 0.222. The van der Waals surface area contributed by atoms with Crippen LogP contribution < -0.4 is 0 Å². The molecule has 4 heterocycles. The van der Waals surface area contributed by atoms with Crippen molar-refractivity contribution in [2.45, 2.75) is 39.0 Å². The van der Waals surface area contributed by atoms with Crippen LogP contribution in [0.25, 0.3) is 11.4 Å². The second-order valence-corrected chi connectivity index (χ2v) is 9.37. The van der Waals surface area contributed by atoms with Gasteiger partial charge in [0.1, 0.15) is 11.5 Å². The third-order valence-corrected chi connectivity index (χ3v) is 7.07. The summed E-state index contributed by atoms with van der Waals surface area (Å²) in [6, 6.07) is 17.8. The van der Waals surface area contributed by atoms with E-state index in [0.29, 0.717) is 18.2 Å². The van der Waals surface area contributed by atoms with Crippen molar-refractivity contribution >= 4 is 17.5 Å². The van der Waals surface area contributed by atoms with E-state index in [9.17, 15) is 4.79 Å². The summed E-state index contributed by atoms with van der Waals surface area (Å²) in [5, 5.41) is 9.58. The molecule has 0 fully saturated rings. The predicted octanol–water partition coefficient (Wildman–Crippen LogP) is 5.93. The average Bonchev–Trinajstić information content (AvgIpc) is 3.65. The summed E-state index contributed by atoms with van der Waals surface area (Å²) in [5.41, 5.74) is 4.71. The molecular weight excluding hydrogens is 460 g/mol. The van der Waals surface area contributed by atoms with Crippen LogP contribution in [0, 0.1) is 20.8 Å². The van der Waals surface area contributed by atoms with E-state index in [1.807, 2.05) is 67.8 Å². The molecule has 7 nitrogen and oxygen atoms in total. The zero-order valence-corrected chi connectivity index (χ0v) is 20.7. The Morgan fingerprint density at radius 1 is 0.914 bits per heavy atom. The Balaban J connectivity index is 1.38. The van der Waals surface area contributed by atoms with Crippen LogP contribution in [0.4, 0.5) is 0 Å². The first-order chi connectivity index (χ1) is 17.0. The number of carbonyl (C=O) groups is 1. The molecule has 0 aliphatic carbocycles. The summed E-state index contributed by atoms with van der Waals surface area (Å²) in [5.74, 6) is 2.69. The number of carbonyl (C=O) groups excluding carboxylic acids is 1. The fourth-order valence-corrected chi connectivity index (χ4v) is 5.03. The quantitative estimate of drug-likeness (QED) is 0.190. The van der Waals surface area contributed by atoms with Crippen molar-refractivity contribution in [3.8, 4) is 11.4 Å². The van der Waals surface area contributed by atoms with Gasteiger partial charge in [-0.15, -0.1) is 10.2 Å². The number of rotatable bonds is 9. The Hall–Kier alpha value is -3.78. The van der Waals surface area contributed by atoms with Gasteiger partial charge in [0.15, 0.2) is 16.8 Å². The number of benzene rings is 1. The molecule has 8 heteroatoms. The van der Waals surface area contributed by atoms with Crippen molar-refractivity contribution in [3.63, 3.8) is 0 Å². The lowest BCUT2D eigenvalue weighted by Gasteiger charge is -2.10. The number of Topliss-reactive ketones (excluding diaryl/α,β-unsaturated/α-hetero) is 1. The highest BCUT2D eigenvalue weighted by atomic mass is 32.2. The van der Waals surface area contributed by atoms with Crippen LogP contribution in [-0.4, -0.2) is 30.9 Å². The number of aromatic nitrogens is 4. The highest BCUT2D eigenvalue weighted by Crippen LogP contribution is 2.29. The SMILES string of the molecule is Cc1occc1-c1nnc(SCC(=O)c2cc(C)n(Cc3ccco3)c2C)n1Cc1ccccc1. The molecule has 0 unspecified atom stereocenters. The Labute approximate surface area is 207 Å². The van der Waals surface area contributed by atoms with Gasteiger partial charge in [0.25, 0.3) is 0 Å². The molecule has 0 amide bonds. The minimum absolute atomic E-state index is 0.0593. The molecule has 5 rings (SSSR count). The van der Waals surface area contributed by atoms with E-state index < -0.39 is 0 Å². The zero-order chi connectivity index (χ0) is 24.4. The molecule has 0 radical (unpaired) electrons. The van der Waals surface area contributed by atoms with Gasteiger partial charge in [-0.2, -0.15) is 0 Å². The van der Waals surface area contributed by atoms with Gasteiger partial charge in [0.05, 0.1) is 36.9 Å². The van der Waals surface area contributed by atoms with E-state index in [0.717, 1.165) is 45.4 Å². The molecular formula is C27H26N4O3S. The first-order valence-electron chi connectivity index (χ1n) is 11.4. The van der Waals surface area contributed by atoms with Crippen molar-refractivity contribution in [1.29, 1.82) is 0 Å². The molecule has 0 bridgehead atoms. The van der Waals surface area contributed by atoms with Gasteiger partial charge in [-0.25, -0.2) is 0 Å². The predicted molar refractivity (Wildman–Crippen MR) is 135 cm³/mol. The van der Waals surface area contributed by atoms with Gasteiger partial charge in [-0.05, 0) is 50.6 Å². The van der Waals surface area contributed by atoms with Crippen LogP contribution in [0.5, 0.6) is 0 Å². The first kappa shape index (κ1) is 23.0. The second kappa shape index (κ2) is 9.84. The van der Waals surface area contributed by atoms with Crippen molar-refractivity contribution in [1.82, 2.24) is 19.3 Å². The smallest absolute Gasteiger partial charge is 0.192 e. The summed E-state index contributed by atoms with van der Waals surface area (Å²) >= 11 is 1.40. The van der Waals surface area contributed by atoms with Gasteiger partial charge in [-0.3, -0.25) is 9.36 Å². The molecule has 0 aliphatic rings. The van der Waals surface area contributed by atoms with Crippen LogP contribution in [-0.2, 0) is 13.1 Å². The highest BCUT2D eigenvalue weighted by molar-refractivity contribution is 7.99. The maximum atomic E-state index is 13.2. The number of hydrogen-bond acceptors (Lipinski definition) is 6. The number of aryl methyl sites for hydroxylation is 2. The van der Waals surface area contributed by atoms with E-state index in [1.54, 1.807) is 12.5 Å². The molecule has 35 heavy (non-hydrogen) atoms. The molecule has 5 aromatic rings. The molecule has 0 spiro atoms. The molecule has 4 aromatic heterocycles. The number of nitrogens with zero attached hydrogens (tertiary/aromatic N) is 4. The second-order valence-electron chi connectivity index (χ2n) is 8.43. The van der Waals surface area contributed by atoms with Crippen LogP contribution in [0.1, 0.15) is 38.8 Å². The van der Waals surface area contributed by atoms with Gasteiger partial charge in [-0.1, -0.05) is 42.1 Å². The third-order valence-electron chi connectivity index (χ3n) is 6.10. The average molecular weight is 487 g/mol. The van der Waals surface area contributed by atoms with Crippen LogP contribution in [0.3, 0.4) is 0 Å². The third kappa shape index (κ3) is 4.74. The maximum absolute atomic E-state index is 13.2. The van der Waals surface area contributed by atoms with Crippen molar-refractivity contribution < 1.29 is 13.6 Å². The molecule has 0 saturated heterocycles. The fourth-order valence-electron chi connectivity index (χ4n) is 4.21. The lowest BCUT2D eigenvalue weighted by Crippen LogP contribution is -2.09. The van der Waals surface area contributed by atoms with E-state index >= 15 is 0 Å². The Kier molecular flexibility index (Phi) is 6.46. The number of ketones is 1. The topological polar surface area (TPSA) is 79.0 Å². The van der Waals surface area contributed by atoms with Crippen molar-refractivity contribution in [3.05, 3.63) is 101 Å². The zero-order valence-electron chi connectivity index (χ0n) is 19.9. The summed E-state index contributed by atoms with van der Waals surface area (Å²) < 4.78 is 15.1. The minimum atomic E-state index is 0.0593. The van der Waals surface area contributed by atoms with E-state index in [1.165, 1.54) is 11.8 Å². The molecule has 0 atom stereocenters. The van der Waals surface area contributed by atoms with Crippen LogP contribution in [0.15, 0.2) is 81.1 Å². The maximum Gasteiger partial charge on any atom is 0.192 e. The lowest BCUT2D eigenvalue weighted by molar-refractivity contribution is 0.102. The van der Waals surface area contributed by atoms with Gasteiger partial charge < -0.3 is 13.4 Å². The summed E-state index contributed by atoms with van der Waals surface area (Å²) in [6.07, 6.45) is 3.32. The van der Waals surface area contributed by atoms with Crippen LogP contribution in [0.2, 0.25) is 0 Å². The minimum Gasteiger partial charge on any atom is -0.469 e. The molecule has 0 aliphatic heterocycles. The van der Waals surface area contributed by atoms with Gasteiger partial charge in [0, 0.05) is 17.0 Å². The molecule has 178 valence electrons. The van der Waals surface area contributed by atoms with E-state index in [4.69, 9.17) is 8.83 Å². The van der Waals surface area contributed by atoms with Gasteiger partial charge in [0.2, 0.25) is 0 Å². The standard InChI is InChI=1S/C27H26N4O3S/c1-18-14-24(19(2)30(18)16-22-10-7-12-34-22)25(32)17-35-27-29-28-26(23-11-13-33-20(23)3)31(27)15-21-8-5-4-6-9-21/h4-14H,15-17H2,1-3H3. The van der Waals surface area contributed by atoms with E-state index in [-0.39, 0.29) is 11.5 Å².